The summed E-state index contributed by atoms with van der Waals surface area (Å²) in [7, 11) is 1.56. The van der Waals surface area contributed by atoms with Gasteiger partial charge in [0.25, 0.3) is 11.8 Å². The average molecular weight is 413 g/mol. The van der Waals surface area contributed by atoms with Gasteiger partial charge in [0, 0.05) is 25.1 Å². The fourth-order valence-corrected chi connectivity index (χ4v) is 3.29. The van der Waals surface area contributed by atoms with Crippen LogP contribution in [0.4, 0.5) is 4.39 Å². The number of carbonyl (C=O) groups excluding carboxylic acids is 4. The quantitative estimate of drug-likeness (QED) is 0.697. The monoisotopic (exact) mass is 413 g/mol. The topological polar surface area (TPSA) is 126 Å². The number of nitrogens with one attached hydrogen (secondary N) is 1. The van der Waals surface area contributed by atoms with E-state index in [4.69, 9.17) is 4.52 Å². The van der Waals surface area contributed by atoms with Gasteiger partial charge in [-0.25, -0.2) is 4.39 Å². The van der Waals surface area contributed by atoms with Gasteiger partial charge in [-0.15, -0.1) is 0 Å². The molecule has 1 N–H and O–H groups in total. The van der Waals surface area contributed by atoms with E-state index in [1.165, 1.54) is 29.2 Å². The van der Waals surface area contributed by atoms with E-state index in [0.29, 0.717) is 5.56 Å². The maximum atomic E-state index is 13.0. The normalized spacial score (nSPS) is 19.2. The smallest absolute Gasteiger partial charge is 0.277 e. The first-order chi connectivity index (χ1) is 14.3. The minimum Gasteiger partial charge on any atom is -0.361 e. The number of imide groups is 2. The van der Waals surface area contributed by atoms with Crippen LogP contribution >= 0.6 is 0 Å². The predicted molar refractivity (Wildman–Crippen MR) is 97.3 cm³/mol. The summed E-state index contributed by atoms with van der Waals surface area (Å²) < 4.78 is 18.2. The van der Waals surface area contributed by atoms with Gasteiger partial charge in [0.2, 0.25) is 23.5 Å². The summed E-state index contributed by atoms with van der Waals surface area (Å²) >= 11 is 0. The van der Waals surface area contributed by atoms with Crippen molar-refractivity contribution in [1.29, 1.82) is 0 Å². The number of likely N-dealkylation sites (N-methyl/N-ethyl adjacent to an activating group) is 1. The highest BCUT2D eigenvalue weighted by molar-refractivity contribution is 6.18. The number of benzene rings is 1. The Morgan fingerprint density at radius 3 is 2.67 bits per heavy atom. The molecule has 4 rings (SSSR count). The van der Waals surface area contributed by atoms with Crippen molar-refractivity contribution < 1.29 is 28.1 Å². The number of nitrogens with zero attached hydrogens (tertiary/aromatic N) is 4. The second-order valence-corrected chi connectivity index (χ2v) is 6.88. The number of hydrogen-bond acceptors (Lipinski definition) is 8. The Morgan fingerprint density at radius 1 is 1.23 bits per heavy atom. The van der Waals surface area contributed by atoms with Gasteiger partial charge in [-0.3, -0.25) is 29.4 Å². The molecule has 0 bridgehead atoms. The molecule has 0 saturated carbocycles. The van der Waals surface area contributed by atoms with E-state index in [2.05, 4.69) is 15.5 Å². The lowest BCUT2D eigenvalue weighted by atomic mass is 10.0. The van der Waals surface area contributed by atoms with E-state index in [9.17, 15) is 23.6 Å². The molecular formula is C19H16FN5O5. The largest absolute Gasteiger partial charge is 0.361 e. The van der Waals surface area contributed by atoms with Crippen LogP contribution in [0.5, 0.6) is 0 Å². The summed E-state index contributed by atoms with van der Waals surface area (Å²) in [5.74, 6) is -2.34. The van der Waals surface area contributed by atoms with Crippen LogP contribution < -0.4 is 5.32 Å². The van der Waals surface area contributed by atoms with E-state index >= 15 is 0 Å². The van der Waals surface area contributed by atoms with Crippen molar-refractivity contribution in [1.82, 2.24) is 25.3 Å². The van der Waals surface area contributed by atoms with E-state index in [1.807, 2.05) is 0 Å². The first kappa shape index (κ1) is 19.4. The zero-order valence-corrected chi connectivity index (χ0v) is 15.8. The van der Waals surface area contributed by atoms with Crippen molar-refractivity contribution in [3.05, 3.63) is 47.7 Å². The number of amides is 4. The summed E-state index contributed by atoms with van der Waals surface area (Å²) in [6.07, 6.45) is 1.26. The molecule has 0 spiro atoms. The molecule has 1 aromatic carbocycles. The summed E-state index contributed by atoms with van der Waals surface area (Å²) in [6.45, 7) is 0.0300. The molecule has 2 aliphatic heterocycles. The van der Waals surface area contributed by atoms with Gasteiger partial charge in [-0.05, 0) is 30.7 Å². The Labute approximate surface area is 169 Å². The zero-order chi connectivity index (χ0) is 21.4. The molecule has 2 aromatic rings. The molecule has 0 aliphatic carbocycles. The van der Waals surface area contributed by atoms with E-state index in [1.54, 1.807) is 7.05 Å². The third-order valence-electron chi connectivity index (χ3n) is 4.81. The van der Waals surface area contributed by atoms with Crippen LogP contribution in [-0.4, -0.2) is 56.7 Å². The highest BCUT2D eigenvalue weighted by atomic mass is 19.1. The number of piperidine rings is 1. The van der Waals surface area contributed by atoms with Gasteiger partial charge in [0.05, 0.1) is 6.54 Å². The summed E-state index contributed by atoms with van der Waals surface area (Å²) in [5.41, 5.74) is 0.621. The first-order valence-corrected chi connectivity index (χ1v) is 9.06. The highest BCUT2D eigenvalue weighted by Gasteiger charge is 2.43. The third-order valence-corrected chi connectivity index (χ3v) is 4.81. The van der Waals surface area contributed by atoms with Gasteiger partial charge in [0.1, 0.15) is 17.6 Å². The lowest BCUT2D eigenvalue weighted by Gasteiger charge is -2.29. The molecule has 1 unspecified atom stereocenters. The van der Waals surface area contributed by atoms with Crippen LogP contribution in [0.25, 0.3) is 11.4 Å². The zero-order valence-electron chi connectivity index (χ0n) is 15.8. The van der Waals surface area contributed by atoms with Crippen molar-refractivity contribution in [3.8, 4) is 11.4 Å². The average Bonchev–Trinajstić information content (AvgIpc) is 3.27. The van der Waals surface area contributed by atoms with Gasteiger partial charge >= 0.3 is 0 Å². The molecule has 30 heavy (non-hydrogen) atoms. The molecule has 3 heterocycles. The minimum atomic E-state index is -1.03. The van der Waals surface area contributed by atoms with Crippen LogP contribution in [-0.2, 0) is 25.7 Å². The molecule has 10 nitrogen and oxygen atoms in total. The molecular weight excluding hydrogens is 397 g/mol. The molecule has 11 heteroatoms. The highest BCUT2D eigenvalue weighted by Crippen LogP contribution is 2.24. The lowest BCUT2D eigenvalue weighted by Crippen LogP contribution is -2.54. The SMILES string of the molecule is CN(Cc1nc(-c2ccc(F)cc2)no1)C1=CC(=O)N(C2CCC(=O)NC2=O)C1=O. The van der Waals surface area contributed by atoms with E-state index in [-0.39, 0.29) is 42.6 Å². The number of carbonyl (C=O) groups is 4. The van der Waals surface area contributed by atoms with Crippen molar-refractivity contribution in [2.45, 2.75) is 25.4 Å². The van der Waals surface area contributed by atoms with Crippen LogP contribution in [0.1, 0.15) is 18.7 Å². The predicted octanol–water partition coefficient (Wildman–Crippen LogP) is 0.365. The fraction of sp³-hybridized carbons (Fsp3) is 0.263. The second-order valence-electron chi connectivity index (χ2n) is 6.88. The third kappa shape index (κ3) is 3.56. The molecule has 1 fully saturated rings. The molecule has 1 saturated heterocycles. The van der Waals surface area contributed by atoms with Crippen LogP contribution in [0.3, 0.4) is 0 Å². The van der Waals surface area contributed by atoms with Crippen molar-refractivity contribution in [2.75, 3.05) is 7.05 Å². The Kier molecular flexibility index (Phi) is 4.86. The van der Waals surface area contributed by atoms with E-state index < -0.39 is 29.7 Å². The van der Waals surface area contributed by atoms with Crippen LogP contribution in [0, 0.1) is 5.82 Å². The first-order valence-electron chi connectivity index (χ1n) is 9.06. The lowest BCUT2D eigenvalue weighted by molar-refractivity contribution is -0.150. The maximum Gasteiger partial charge on any atom is 0.277 e. The van der Waals surface area contributed by atoms with Gasteiger partial charge < -0.3 is 9.42 Å². The summed E-state index contributed by atoms with van der Waals surface area (Å²) in [6, 6.07) is 4.53. The minimum absolute atomic E-state index is 0.0300. The Balaban J connectivity index is 1.46. The molecule has 154 valence electrons. The Hall–Kier alpha value is -3.89. The molecule has 1 aromatic heterocycles. The molecule has 1 atom stereocenters. The van der Waals surface area contributed by atoms with Crippen molar-refractivity contribution >= 4 is 23.6 Å². The number of halogens is 1. The Morgan fingerprint density at radius 2 is 1.97 bits per heavy atom. The second kappa shape index (κ2) is 7.50. The fourth-order valence-electron chi connectivity index (χ4n) is 3.29. The van der Waals surface area contributed by atoms with Crippen molar-refractivity contribution in [3.63, 3.8) is 0 Å². The van der Waals surface area contributed by atoms with Crippen LogP contribution in [0.2, 0.25) is 0 Å². The molecule has 2 aliphatic rings. The summed E-state index contributed by atoms with van der Waals surface area (Å²) in [4.78, 5) is 55.0. The number of hydrogen-bond donors (Lipinski definition) is 1. The van der Waals surface area contributed by atoms with Gasteiger partial charge in [-0.2, -0.15) is 4.98 Å². The van der Waals surface area contributed by atoms with E-state index in [0.717, 1.165) is 11.0 Å². The number of aromatic nitrogens is 2. The van der Waals surface area contributed by atoms with Gasteiger partial charge in [-0.1, -0.05) is 5.16 Å². The molecule has 0 radical (unpaired) electrons. The standard InChI is InChI=1S/C19H16FN5O5/c1-24(9-15-22-17(23-30-15)10-2-4-11(20)5-3-10)13-8-16(27)25(19(13)29)12-6-7-14(26)21-18(12)28/h2-5,8,12H,6-7,9H2,1H3,(H,21,26,28). The molecule has 4 amide bonds. The van der Waals surface area contributed by atoms with Crippen LogP contribution in [0.15, 0.2) is 40.6 Å². The van der Waals surface area contributed by atoms with Crippen molar-refractivity contribution in [2.24, 2.45) is 0 Å². The maximum absolute atomic E-state index is 13.0. The summed E-state index contributed by atoms with van der Waals surface area (Å²) in [5, 5.41) is 5.97. The Bertz CT molecular complexity index is 1080. The number of rotatable bonds is 5. The van der Waals surface area contributed by atoms with Gasteiger partial charge in [0.15, 0.2) is 0 Å².